The van der Waals surface area contributed by atoms with Gasteiger partial charge in [-0.2, -0.15) is 5.10 Å². The van der Waals surface area contributed by atoms with Crippen LogP contribution in [0.15, 0.2) is 54.7 Å². The third-order valence-corrected chi connectivity index (χ3v) is 4.03. The molecular weight excluding hydrogens is 304 g/mol. The molecular formula is C18H20N4S. The molecule has 1 heterocycles. The van der Waals surface area contributed by atoms with Gasteiger partial charge in [-0.25, -0.2) is 0 Å². The fraction of sp³-hybridized carbons (Fsp3) is 0.222. The first kappa shape index (κ1) is 15.5. The van der Waals surface area contributed by atoms with Crippen molar-refractivity contribution in [2.45, 2.75) is 26.4 Å². The van der Waals surface area contributed by atoms with Crippen LogP contribution in [-0.2, 0) is 6.54 Å². The maximum absolute atomic E-state index is 5.45. The number of fused-ring (bicyclic) bond motifs is 1. The van der Waals surface area contributed by atoms with Crippen LogP contribution in [0.2, 0.25) is 0 Å². The third kappa shape index (κ3) is 3.51. The Kier molecular flexibility index (Phi) is 4.57. The first-order valence-corrected chi connectivity index (χ1v) is 8.17. The van der Waals surface area contributed by atoms with Gasteiger partial charge >= 0.3 is 0 Å². The molecule has 0 fully saturated rings. The van der Waals surface area contributed by atoms with Crippen LogP contribution in [0.25, 0.3) is 10.8 Å². The summed E-state index contributed by atoms with van der Waals surface area (Å²) in [5, 5.41) is 14.0. The number of anilines is 1. The summed E-state index contributed by atoms with van der Waals surface area (Å²) in [6.45, 7) is 4.99. The first-order valence-electron chi connectivity index (χ1n) is 7.76. The standard InChI is InChI=1S/C18H20N4S/c1-3-22-12-11-16(21-22)13(2)19-18(23)20-17-10-6-8-14-7-4-5-9-15(14)17/h4-13H,3H2,1-2H3,(H2,19,20,23). The van der Waals surface area contributed by atoms with Crippen LogP contribution in [0, 0.1) is 0 Å². The summed E-state index contributed by atoms with van der Waals surface area (Å²) in [4.78, 5) is 0. The highest BCUT2D eigenvalue weighted by Gasteiger charge is 2.10. The van der Waals surface area contributed by atoms with Crippen molar-refractivity contribution in [3.05, 3.63) is 60.4 Å². The van der Waals surface area contributed by atoms with Crippen LogP contribution in [0.5, 0.6) is 0 Å². The molecule has 0 aliphatic heterocycles. The zero-order chi connectivity index (χ0) is 16.2. The number of nitrogens with one attached hydrogen (secondary N) is 2. The Balaban J connectivity index is 1.71. The molecule has 3 aromatic rings. The van der Waals surface area contributed by atoms with Gasteiger partial charge < -0.3 is 10.6 Å². The Morgan fingerprint density at radius 3 is 2.74 bits per heavy atom. The number of aryl methyl sites for hydroxylation is 1. The lowest BCUT2D eigenvalue weighted by atomic mass is 10.1. The van der Waals surface area contributed by atoms with E-state index >= 15 is 0 Å². The summed E-state index contributed by atoms with van der Waals surface area (Å²) >= 11 is 5.45. The molecule has 0 spiro atoms. The van der Waals surface area contributed by atoms with Crippen molar-refractivity contribution >= 4 is 33.8 Å². The molecule has 0 amide bonds. The largest absolute Gasteiger partial charge is 0.354 e. The van der Waals surface area contributed by atoms with Crippen LogP contribution in [0.4, 0.5) is 5.69 Å². The van der Waals surface area contributed by atoms with Crippen LogP contribution >= 0.6 is 12.2 Å². The van der Waals surface area contributed by atoms with Gasteiger partial charge in [0.05, 0.1) is 11.7 Å². The number of nitrogens with zero attached hydrogens (tertiary/aromatic N) is 2. The lowest BCUT2D eigenvalue weighted by Gasteiger charge is -2.16. The molecule has 5 heteroatoms. The molecule has 1 unspecified atom stereocenters. The molecule has 118 valence electrons. The van der Waals surface area contributed by atoms with E-state index in [-0.39, 0.29) is 6.04 Å². The quantitative estimate of drug-likeness (QED) is 0.709. The van der Waals surface area contributed by atoms with Gasteiger partial charge in [-0.15, -0.1) is 0 Å². The van der Waals surface area contributed by atoms with E-state index in [1.54, 1.807) is 0 Å². The maximum Gasteiger partial charge on any atom is 0.171 e. The van der Waals surface area contributed by atoms with E-state index in [2.05, 4.69) is 47.8 Å². The Morgan fingerprint density at radius 1 is 1.17 bits per heavy atom. The van der Waals surface area contributed by atoms with Gasteiger partial charge in [0.1, 0.15) is 0 Å². The normalized spacial score (nSPS) is 12.1. The Labute approximate surface area is 141 Å². The average molecular weight is 324 g/mol. The maximum atomic E-state index is 5.45. The summed E-state index contributed by atoms with van der Waals surface area (Å²) in [5.41, 5.74) is 1.99. The smallest absolute Gasteiger partial charge is 0.171 e. The molecule has 3 rings (SSSR count). The summed E-state index contributed by atoms with van der Waals surface area (Å²) in [6, 6.07) is 16.5. The second kappa shape index (κ2) is 6.79. The SMILES string of the molecule is CCn1ccc(C(C)NC(=S)Nc2cccc3ccccc23)n1. The Hall–Kier alpha value is -2.40. The average Bonchev–Trinajstić information content (AvgIpc) is 3.04. The number of rotatable bonds is 4. The molecule has 1 atom stereocenters. The predicted octanol–water partition coefficient (Wildman–Crippen LogP) is 4.10. The predicted molar refractivity (Wildman–Crippen MR) is 99.6 cm³/mol. The monoisotopic (exact) mass is 324 g/mol. The van der Waals surface area contributed by atoms with Crippen molar-refractivity contribution in [2.75, 3.05) is 5.32 Å². The van der Waals surface area contributed by atoms with E-state index < -0.39 is 0 Å². The van der Waals surface area contributed by atoms with Crippen molar-refractivity contribution in [3.8, 4) is 0 Å². The number of benzene rings is 2. The lowest BCUT2D eigenvalue weighted by molar-refractivity contribution is 0.613. The Morgan fingerprint density at radius 2 is 1.96 bits per heavy atom. The number of aromatic nitrogens is 2. The molecule has 4 nitrogen and oxygen atoms in total. The number of hydrogen-bond donors (Lipinski definition) is 2. The summed E-state index contributed by atoms with van der Waals surface area (Å²) < 4.78 is 1.91. The van der Waals surface area contributed by atoms with Gasteiger partial charge in [-0.3, -0.25) is 4.68 Å². The van der Waals surface area contributed by atoms with Crippen molar-refractivity contribution in [3.63, 3.8) is 0 Å². The minimum Gasteiger partial charge on any atom is -0.354 e. The van der Waals surface area contributed by atoms with Gasteiger partial charge in [-0.1, -0.05) is 36.4 Å². The molecule has 0 aliphatic rings. The fourth-order valence-electron chi connectivity index (χ4n) is 2.55. The fourth-order valence-corrected chi connectivity index (χ4v) is 2.83. The van der Waals surface area contributed by atoms with Gasteiger partial charge in [-0.05, 0) is 43.6 Å². The summed E-state index contributed by atoms with van der Waals surface area (Å²) in [6.07, 6.45) is 1.98. The van der Waals surface area contributed by atoms with Crippen molar-refractivity contribution in [2.24, 2.45) is 0 Å². The molecule has 0 saturated heterocycles. The minimum atomic E-state index is 0.0535. The molecule has 1 aromatic heterocycles. The van der Waals surface area contributed by atoms with Gasteiger partial charge in [0.2, 0.25) is 0 Å². The molecule has 2 aromatic carbocycles. The highest BCUT2D eigenvalue weighted by atomic mass is 32.1. The van der Waals surface area contributed by atoms with E-state index in [1.165, 1.54) is 5.39 Å². The molecule has 2 N–H and O–H groups in total. The summed E-state index contributed by atoms with van der Waals surface area (Å²) in [7, 11) is 0. The van der Waals surface area contributed by atoms with Crippen LogP contribution in [0.3, 0.4) is 0 Å². The van der Waals surface area contributed by atoms with E-state index in [4.69, 9.17) is 12.2 Å². The molecule has 0 bridgehead atoms. The first-order chi connectivity index (χ1) is 11.2. The van der Waals surface area contributed by atoms with E-state index in [9.17, 15) is 0 Å². The topological polar surface area (TPSA) is 41.9 Å². The zero-order valence-electron chi connectivity index (χ0n) is 13.3. The minimum absolute atomic E-state index is 0.0535. The highest BCUT2D eigenvalue weighted by Crippen LogP contribution is 2.23. The second-order valence-electron chi connectivity index (χ2n) is 5.44. The lowest BCUT2D eigenvalue weighted by Crippen LogP contribution is -2.31. The second-order valence-corrected chi connectivity index (χ2v) is 5.85. The molecule has 0 saturated carbocycles. The zero-order valence-corrected chi connectivity index (χ0v) is 14.1. The van der Waals surface area contributed by atoms with Crippen LogP contribution in [0.1, 0.15) is 25.6 Å². The van der Waals surface area contributed by atoms with Crippen LogP contribution in [-0.4, -0.2) is 14.9 Å². The van der Waals surface area contributed by atoms with Crippen molar-refractivity contribution in [1.82, 2.24) is 15.1 Å². The van der Waals surface area contributed by atoms with Crippen molar-refractivity contribution < 1.29 is 0 Å². The van der Waals surface area contributed by atoms with Gasteiger partial charge in [0, 0.05) is 23.8 Å². The Bertz CT molecular complexity index is 819. The van der Waals surface area contributed by atoms with E-state index in [1.807, 2.05) is 41.2 Å². The molecule has 23 heavy (non-hydrogen) atoms. The van der Waals surface area contributed by atoms with Crippen molar-refractivity contribution in [1.29, 1.82) is 0 Å². The van der Waals surface area contributed by atoms with E-state index in [0.717, 1.165) is 23.3 Å². The highest BCUT2D eigenvalue weighted by molar-refractivity contribution is 7.80. The van der Waals surface area contributed by atoms with Gasteiger partial charge in [0.25, 0.3) is 0 Å². The third-order valence-electron chi connectivity index (χ3n) is 3.81. The molecule has 0 radical (unpaired) electrons. The van der Waals surface area contributed by atoms with Crippen LogP contribution < -0.4 is 10.6 Å². The van der Waals surface area contributed by atoms with Gasteiger partial charge in [0.15, 0.2) is 5.11 Å². The number of hydrogen-bond acceptors (Lipinski definition) is 2. The number of thiocarbonyl (C=S) groups is 1. The summed E-state index contributed by atoms with van der Waals surface area (Å²) in [5.74, 6) is 0. The van der Waals surface area contributed by atoms with E-state index in [0.29, 0.717) is 5.11 Å². The molecule has 0 aliphatic carbocycles.